The van der Waals surface area contributed by atoms with Crippen LogP contribution in [0.1, 0.15) is 11.1 Å². The van der Waals surface area contributed by atoms with Crippen LogP contribution in [-0.4, -0.2) is 0 Å². The first kappa shape index (κ1) is 11.0. The Bertz CT molecular complexity index is 562. The van der Waals surface area contributed by atoms with Crippen molar-refractivity contribution >= 4 is 17.1 Å². The van der Waals surface area contributed by atoms with E-state index in [0.29, 0.717) is 11.3 Å². The molecule has 84 valence electrons. The highest BCUT2D eigenvalue weighted by molar-refractivity contribution is 5.77. The van der Waals surface area contributed by atoms with Gasteiger partial charge in [0.25, 0.3) is 0 Å². The van der Waals surface area contributed by atoms with Crippen molar-refractivity contribution in [3.63, 3.8) is 0 Å². The fraction of sp³-hybridized carbons (Fsp3) is 0.0714. The average molecular weight is 223 g/mol. The molecule has 3 nitrogen and oxygen atoms in total. The zero-order valence-corrected chi connectivity index (χ0v) is 9.57. The molecule has 2 rings (SSSR count). The first-order chi connectivity index (χ1) is 8.22. The molecule has 0 aliphatic carbocycles. The molecule has 0 amide bonds. The smallest absolute Gasteiger partial charge is 0.101 e. The number of hydrogen-bond donors (Lipinski definition) is 2. The minimum atomic E-state index is 0.607. The van der Waals surface area contributed by atoms with Crippen LogP contribution in [0.25, 0.3) is 0 Å². The molecule has 17 heavy (non-hydrogen) atoms. The number of benzene rings is 2. The number of para-hydroxylation sites is 2. The van der Waals surface area contributed by atoms with E-state index < -0.39 is 0 Å². The van der Waals surface area contributed by atoms with Crippen molar-refractivity contribution in [2.45, 2.75) is 6.92 Å². The van der Waals surface area contributed by atoms with Gasteiger partial charge in [-0.15, -0.1) is 0 Å². The van der Waals surface area contributed by atoms with Gasteiger partial charge in [0, 0.05) is 0 Å². The largest absolute Gasteiger partial charge is 0.397 e. The van der Waals surface area contributed by atoms with E-state index in [4.69, 9.17) is 11.0 Å². The van der Waals surface area contributed by atoms with Crippen LogP contribution in [0.15, 0.2) is 42.5 Å². The van der Waals surface area contributed by atoms with Crippen LogP contribution in [0.3, 0.4) is 0 Å². The molecule has 0 radical (unpaired) electrons. The lowest BCUT2D eigenvalue weighted by molar-refractivity contribution is 1.41. The topological polar surface area (TPSA) is 61.8 Å². The maximum absolute atomic E-state index is 9.01. The second-order valence-corrected chi connectivity index (χ2v) is 3.82. The summed E-state index contributed by atoms with van der Waals surface area (Å²) in [6, 6.07) is 15.2. The Morgan fingerprint density at radius 2 is 1.88 bits per heavy atom. The Kier molecular flexibility index (Phi) is 2.97. The minimum Gasteiger partial charge on any atom is -0.397 e. The summed E-state index contributed by atoms with van der Waals surface area (Å²) in [5.41, 5.74) is 9.88. The lowest BCUT2D eigenvalue weighted by Crippen LogP contribution is -1.99. The summed E-state index contributed by atoms with van der Waals surface area (Å²) in [7, 11) is 0. The van der Waals surface area contributed by atoms with Gasteiger partial charge in [-0.2, -0.15) is 5.26 Å². The molecule has 2 aromatic carbocycles. The fourth-order valence-corrected chi connectivity index (χ4v) is 1.69. The molecule has 0 saturated carbocycles. The lowest BCUT2D eigenvalue weighted by atomic mass is 10.1. The van der Waals surface area contributed by atoms with Gasteiger partial charge in [0.2, 0.25) is 0 Å². The number of rotatable bonds is 2. The quantitative estimate of drug-likeness (QED) is 0.768. The highest BCUT2D eigenvalue weighted by Crippen LogP contribution is 2.28. The minimum absolute atomic E-state index is 0.607. The number of nitriles is 1. The first-order valence-corrected chi connectivity index (χ1v) is 5.33. The Hall–Kier alpha value is -2.47. The second-order valence-electron chi connectivity index (χ2n) is 3.82. The first-order valence-electron chi connectivity index (χ1n) is 5.33. The van der Waals surface area contributed by atoms with Crippen LogP contribution in [-0.2, 0) is 0 Å². The molecule has 2 aromatic rings. The summed E-state index contributed by atoms with van der Waals surface area (Å²) in [5, 5.41) is 12.2. The van der Waals surface area contributed by atoms with Crippen molar-refractivity contribution in [1.82, 2.24) is 0 Å². The molecular weight excluding hydrogens is 210 g/mol. The van der Waals surface area contributed by atoms with Crippen molar-refractivity contribution in [3.8, 4) is 6.07 Å². The second kappa shape index (κ2) is 4.58. The maximum Gasteiger partial charge on any atom is 0.101 e. The van der Waals surface area contributed by atoms with E-state index in [-0.39, 0.29) is 0 Å². The molecule has 0 spiro atoms. The van der Waals surface area contributed by atoms with Crippen LogP contribution in [0.2, 0.25) is 0 Å². The maximum atomic E-state index is 9.01. The molecule has 0 aromatic heterocycles. The molecule has 0 heterocycles. The Morgan fingerprint density at radius 3 is 2.59 bits per heavy atom. The number of aryl methyl sites for hydroxylation is 1. The molecule has 0 aliphatic heterocycles. The fourth-order valence-electron chi connectivity index (χ4n) is 1.69. The predicted molar refractivity (Wildman–Crippen MR) is 70.0 cm³/mol. The molecule has 3 N–H and O–H groups in total. The van der Waals surface area contributed by atoms with Gasteiger partial charge in [0.1, 0.15) is 6.07 Å². The van der Waals surface area contributed by atoms with E-state index in [1.165, 1.54) is 0 Å². The number of nitrogen functional groups attached to an aromatic ring is 1. The lowest BCUT2D eigenvalue weighted by Gasteiger charge is -2.13. The summed E-state index contributed by atoms with van der Waals surface area (Å²) in [4.78, 5) is 0. The molecule has 0 saturated heterocycles. The van der Waals surface area contributed by atoms with Crippen molar-refractivity contribution in [1.29, 1.82) is 5.26 Å². The Labute approximate surface area is 101 Å². The third-order valence-electron chi connectivity index (χ3n) is 2.61. The third-order valence-corrected chi connectivity index (χ3v) is 2.61. The van der Waals surface area contributed by atoms with E-state index in [9.17, 15) is 0 Å². The number of nitrogens with two attached hydrogens (primary N) is 1. The Morgan fingerprint density at radius 1 is 1.12 bits per heavy atom. The Balaban J connectivity index is 2.42. The van der Waals surface area contributed by atoms with Crippen LogP contribution >= 0.6 is 0 Å². The van der Waals surface area contributed by atoms with Crippen LogP contribution in [0.5, 0.6) is 0 Å². The van der Waals surface area contributed by atoms with E-state index in [2.05, 4.69) is 11.4 Å². The number of nitrogens with one attached hydrogen (secondary N) is 1. The van der Waals surface area contributed by atoms with Gasteiger partial charge in [-0.05, 0) is 30.7 Å². The summed E-state index contributed by atoms with van der Waals surface area (Å²) in [6.45, 7) is 1.98. The predicted octanol–water partition coefficient (Wildman–Crippen LogP) is 3.19. The van der Waals surface area contributed by atoms with Crippen molar-refractivity contribution in [2.75, 3.05) is 11.1 Å². The van der Waals surface area contributed by atoms with Crippen LogP contribution in [0.4, 0.5) is 17.1 Å². The summed E-state index contributed by atoms with van der Waals surface area (Å²) in [6.07, 6.45) is 0. The van der Waals surface area contributed by atoms with Gasteiger partial charge >= 0.3 is 0 Å². The van der Waals surface area contributed by atoms with Gasteiger partial charge in [-0.3, -0.25) is 0 Å². The number of nitrogens with zero attached hydrogens (tertiary/aromatic N) is 1. The van der Waals surface area contributed by atoms with Gasteiger partial charge in [0.15, 0.2) is 0 Å². The van der Waals surface area contributed by atoms with Gasteiger partial charge in [-0.25, -0.2) is 0 Å². The summed E-state index contributed by atoms with van der Waals surface area (Å²) < 4.78 is 0. The number of anilines is 3. The van der Waals surface area contributed by atoms with Crippen molar-refractivity contribution < 1.29 is 0 Å². The normalized spacial score (nSPS) is 9.65. The van der Waals surface area contributed by atoms with Gasteiger partial charge in [-0.1, -0.05) is 24.3 Å². The zero-order valence-electron chi connectivity index (χ0n) is 9.57. The molecular formula is C14H13N3. The van der Waals surface area contributed by atoms with E-state index in [0.717, 1.165) is 16.9 Å². The molecule has 0 aliphatic rings. The molecule has 0 fully saturated rings. The summed E-state index contributed by atoms with van der Waals surface area (Å²) >= 11 is 0. The van der Waals surface area contributed by atoms with Crippen LogP contribution < -0.4 is 11.1 Å². The molecule has 0 bridgehead atoms. The van der Waals surface area contributed by atoms with Crippen molar-refractivity contribution in [2.24, 2.45) is 0 Å². The molecule has 0 unspecified atom stereocenters. The van der Waals surface area contributed by atoms with E-state index in [1.807, 2.05) is 43.3 Å². The van der Waals surface area contributed by atoms with Gasteiger partial charge in [0.05, 0.1) is 22.6 Å². The number of hydrogen-bond acceptors (Lipinski definition) is 3. The van der Waals surface area contributed by atoms with Crippen molar-refractivity contribution in [3.05, 3.63) is 53.6 Å². The SMILES string of the molecule is Cc1cccc(N)c1Nc1ccccc1C#N. The van der Waals surface area contributed by atoms with E-state index in [1.54, 1.807) is 6.07 Å². The van der Waals surface area contributed by atoms with Crippen LogP contribution in [0, 0.1) is 18.3 Å². The third kappa shape index (κ3) is 2.21. The molecule has 3 heteroatoms. The highest BCUT2D eigenvalue weighted by Gasteiger charge is 2.05. The molecule has 0 atom stereocenters. The average Bonchev–Trinajstić information content (AvgIpc) is 2.34. The van der Waals surface area contributed by atoms with E-state index >= 15 is 0 Å². The summed E-state index contributed by atoms with van der Waals surface area (Å²) in [5.74, 6) is 0. The zero-order chi connectivity index (χ0) is 12.3. The monoisotopic (exact) mass is 223 g/mol. The highest BCUT2D eigenvalue weighted by atomic mass is 14.9. The van der Waals surface area contributed by atoms with Gasteiger partial charge < -0.3 is 11.1 Å². The standard InChI is InChI=1S/C14H13N3/c1-10-5-4-7-12(16)14(10)17-13-8-3-2-6-11(13)9-15/h2-8,17H,16H2,1H3.